The minimum atomic E-state index is 0.462. The largest absolute Gasteiger partial charge is 0.352 e. The summed E-state index contributed by atoms with van der Waals surface area (Å²) in [6.45, 7) is 4.42. The smallest absolute Gasteiger partial charge is 0.222 e. The van der Waals surface area contributed by atoms with Gasteiger partial charge in [-0.2, -0.15) is 0 Å². The van der Waals surface area contributed by atoms with Crippen LogP contribution >= 0.6 is 0 Å². The Balaban J connectivity index is 2.16. The molecule has 1 heterocycles. The van der Waals surface area contributed by atoms with E-state index in [0.29, 0.717) is 6.04 Å². The molecule has 0 aliphatic carbocycles. The van der Waals surface area contributed by atoms with Crippen molar-refractivity contribution < 1.29 is 0 Å². The third-order valence-corrected chi connectivity index (χ3v) is 2.43. The molecule has 0 aliphatic rings. The number of nitrogens with zero attached hydrogens (tertiary/aromatic N) is 2. The normalized spacial score (nSPS) is 12.4. The average Bonchev–Trinajstić information content (AvgIpc) is 2.26. The Morgan fingerprint density at radius 2 is 1.93 bits per heavy atom. The minimum Gasteiger partial charge on any atom is -0.352 e. The number of anilines is 1. The van der Waals surface area contributed by atoms with Crippen LogP contribution in [0.2, 0.25) is 0 Å². The minimum absolute atomic E-state index is 0.462. The van der Waals surface area contributed by atoms with Gasteiger partial charge in [-0.15, -0.1) is 0 Å². The van der Waals surface area contributed by atoms with Crippen LogP contribution in [0.15, 0.2) is 18.5 Å². The molecule has 0 aliphatic heterocycles. The van der Waals surface area contributed by atoms with E-state index in [4.69, 9.17) is 0 Å². The number of unbranched alkanes of at least 4 members (excludes halogenated alkanes) is 3. The lowest BCUT2D eigenvalue weighted by Crippen LogP contribution is -2.16. The van der Waals surface area contributed by atoms with Gasteiger partial charge in [-0.3, -0.25) is 0 Å². The molecular formula is C12H21N3. The van der Waals surface area contributed by atoms with E-state index in [9.17, 15) is 0 Å². The zero-order valence-corrected chi connectivity index (χ0v) is 9.74. The van der Waals surface area contributed by atoms with E-state index in [-0.39, 0.29) is 0 Å². The maximum atomic E-state index is 4.14. The summed E-state index contributed by atoms with van der Waals surface area (Å²) < 4.78 is 0. The van der Waals surface area contributed by atoms with E-state index in [2.05, 4.69) is 29.1 Å². The third-order valence-electron chi connectivity index (χ3n) is 2.43. The van der Waals surface area contributed by atoms with E-state index >= 15 is 0 Å². The summed E-state index contributed by atoms with van der Waals surface area (Å²) in [6.07, 6.45) is 9.97. The first-order valence-electron chi connectivity index (χ1n) is 5.86. The molecule has 84 valence electrons. The molecule has 0 saturated heterocycles. The van der Waals surface area contributed by atoms with Gasteiger partial charge in [-0.25, -0.2) is 9.97 Å². The van der Waals surface area contributed by atoms with Crippen molar-refractivity contribution in [1.29, 1.82) is 0 Å². The summed E-state index contributed by atoms with van der Waals surface area (Å²) >= 11 is 0. The first-order valence-corrected chi connectivity index (χ1v) is 5.86. The number of nitrogens with one attached hydrogen (secondary N) is 1. The number of hydrogen-bond donors (Lipinski definition) is 1. The fourth-order valence-corrected chi connectivity index (χ4v) is 1.54. The van der Waals surface area contributed by atoms with E-state index in [1.54, 1.807) is 12.4 Å². The number of hydrogen-bond acceptors (Lipinski definition) is 3. The van der Waals surface area contributed by atoms with Gasteiger partial charge in [-0.05, 0) is 19.4 Å². The van der Waals surface area contributed by atoms with Crippen LogP contribution in [0, 0.1) is 0 Å². The molecule has 0 amide bonds. The predicted molar refractivity (Wildman–Crippen MR) is 63.9 cm³/mol. The molecule has 1 atom stereocenters. The van der Waals surface area contributed by atoms with Crippen molar-refractivity contribution in [3.8, 4) is 0 Å². The van der Waals surface area contributed by atoms with Crippen LogP contribution in [0.3, 0.4) is 0 Å². The second-order valence-corrected chi connectivity index (χ2v) is 3.97. The second-order valence-electron chi connectivity index (χ2n) is 3.97. The highest BCUT2D eigenvalue weighted by Gasteiger charge is 2.02. The molecule has 15 heavy (non-hydrogen) atoms. The molecule has 3 nitrogen and oxygen atoms in total. The predicted octanol–water partition coefficient (Wildman–Crippen LogP) is 3.25. The number of rotatable bonds is 7. The molecule has 0 aromatic carbocycles. The molecule has 0 fully saturated rings. The van der Waals surface area contributed by atoms with Crippen molar-refractivity contribution in [3.63, 3.8) is 0 Å². The summed E-state index contributed by atoms with van der Waals surface area (Å²) in [6, 6.07) is 2.29. The third kappa shape index (κ3) is 5.35. The zero-order valence-electron chi connectivity index (χ0n) is 9.74. The molecule has 0 radical (unpaired) electrons. The van der Waals surface area contributed by atoms with Crippen LogP contribution < -0.4 is 5.32 Å². The van der Waals surface area contributed by atoms with Crippen LogP contribution in [-0.2, 0) is 0 Å². The molecule has 1 aromatic heterocycles. The topological polar surface area (TPSA) is 37.8 Å². The highest BCUT2D eigenvalue weighted by molar-refractivity contribution is 5.23. The summed E-state index contributed by atoms with van der Waals surface area (Å²) in [5, 5.41) is 3.30. The summed E-state index contributed by atoms with van der Waals surface area (Å²) in [5.74, 6) is 0.737. The first-order chi connectivity index (χ1) is 7.33. The van der Waals surface area contributed by atoms with Crippen molar-refractivity contribution in [3.05, 3.63) is 18.5 Å². The van der Waals surface area contributed by atoms with Gasteiger partial charge in [0, 0.05) is 18.4 Å². The standard InChI is InChI=1S/C12H21N3/c1-3-4-5-6-8-11(2)15-12-13-9-7-10-14-12/h7,9-11H,3-6,8H2,1-2H3,(H,13,14,15). The monoisotopic (exact) mass is 207 g/mol. The quantitative estimate of drug-likeness (QED) is 0.697. The van der Waals surface area contributed by atoms with Crippen molar-refractivity contribution in [2.45, 2.75) is 52.0 Å². The highest BCUT2D eigenvalue weighted by Crippen LogP contribution is 2.08. The van der Waals surface area contributed by atoms with Gasteiger partial charge in [0.15, 0.2) is 0 Å². The Hall–Kier alpha value is -1.12. The van der Waals surface area contributed by atoms with Crippen molar-refractivity contribution >= 4 is 5.95 Å². The Morgan fingerprint density at radius 1 is 1.20 bits per heavy atom. The Bertz CT molecular complexity index is 248. The van der Waals surface area contributed by atoms with E-state index in [1.165, 1.54) is 32.1 Å². The van der Waals surface area contributed by atoms with E-state index in [1.807, 2.05) is 6.07 Å². The second kappa shape index (κ2) is 7.21. The molecule has 1 aromatic rings. The van der Waals surface area contributed by atoms with Gasteiger partial charge in [0.1, 0.15) is 0 Å². The Labute approximate surface area is 92.3 Å². The van der Waals surface area contributed by atoms with E-state index < -0.39 is 0 Å². The Morgan fingerprint density at radius 3 is 2.60 bits per heavy atom. The van der Waals surface area contributed by atoms with Crippen molar-refractivity contribution in [1.82, 2.24) is 9.97 Å². The van der Waals surface area contributed by atoms with Gasteiger partial charge in [0.25, 0.3) is 0 Å². The molecule has 0 bridgehead atoms. The summed E-state index contributed by atoms with van der Waals surface area (Å²) in [7, 11) is 0. The first kappa shape index (κ1) is 12.0. The molecule has 0 spiro atoms. The molecule has 1 rings (SSSR count). The van der Waals surface area contributed by atoms with Crippen molar-refractivity contribution in [2.24, 2.45) is 0 Å². The van der Waals surface area contributed by atoms with Gasteiger partial charge in [-0.1, -0.05) is 32.6 Å². The van der Waals surface area contributed by atoms with Crippen LogP contribution in [0.25, 0.3) is 0 Å². The maximum Gasteiger partial charge on any atom is 0.222 e. The summed E-state index contributed by atoms with van der Waals surface area (Å²) in [5.41, 5.74) is 0. The lowest BCUT2D eigenvalue weighted by atomic mass is 10.1. The van der Waals surface area contributed by atoms with Crippen LogP contribution in [0.1, 0.15) is 46.0 Å². The molecule has 1 unspecified atom stereocenters. The lowest BCUT2D eigenvalue weighted by molar-refractivity contribution is 0.591. The van der Waals surface area contributed by atoms with Crippen LogP contribution in [-0.4, -0.2) is 16.0 Å². The van der Waals surface area contributed by atoms with Gasteiger partial charge in [0.05, 0.1) is 0 Å². The van der Waals surface area contributed by atoms with Crippen LogP contribution in [0.5, 0.6) is 0 Å². The zero-order chi connectivity index (χ0) is 10.9. The fourth-order valence-electron chi connectivity index (χ4n) is 1.54. The fraction of sp³-hybridized carbons (Fsp3) is 0.667. The van der Waals surface area contributed by atoms with E-state index in [0.717, 1.165) is 5.95 Å². The molecule has 1 N–H and O–H groups in total. The SMILES string of the molecule is CCCCCCC(C)Nc1ncccn1. The van der Waals surface area contributed by atoms with Gasteiger partial charge >= 0.3 is 0 Å². The maximum absolute atomic E-state index is 4.14. The molecular weight excluding hydrogens is 186 g/mol. The van der Waals surface area contributed by atoms with Crippen molar-refractivity contribution in [2.75, 3.05) is 5.32 Å². The van der Waals surface area contributed by atoms with Crippen LogP contribution in [0.4, 0.5) is 5.95 Å². The summed E-state index contributed by atoms with van der Waals surface area (Å²) in [4.78, 5) is 8.28. The Kier molecular flexibility index (Phi) is 5.74. The highest BCUT2D eigenvalue weighted by atomic mass is 15.1. The lowest BCUT2D eigenvalue weighted by Gasteiger charge is -2.12. The molecule has 0 saturated carbocycles. The average molecular weight is 207 g/mol. The molecule has 3 heteroatoms. The van der Waals surface area contributed by atoms with Gasteiger partial charge < -0.3 is 5.32 Å². The number of aromatic nitrogens is 2. The van der Waals surface area contributed by atoms with Gasteiger partial charge in [0.2, 0.25) is 5.95 Å².